The zero-order valence-corrected chi connectivity index (χ0v) is 8.12. The van der Waals surface area contributed by atoms with Gasteiger partial charge in [0.25, 0.3) is 0 Å². The lowest BCUT2D eigenvalue weighted by atomic mass is 10.2. The first-order chi connectivity index (χ1) is 6.90. The second-order valence-electron chi connectivity index (χ2n) is 2.98. The predicted molar refractivity (Wildman–Crippen MR) is 55.4 cm³/mol. The molecule has 0 saturated carbocycles. The Bertz CT molecular complexity index is 408. The number of hydrogen-bond donors (Lipinski definition) is 1. The molecule has 0 atom stereocenters. The molecular formula is C11H13NO2. The van der Waals surface area contributed by atoms with E-state index in [2.05, 4.69) is 4.98 Å². The average molecular weight is 191 g/mol. The summed E-state index contributed by atoms with van der Waals surface area (Å²) in [5.74, 6) is 0.838. The molecule has 2 aromatic rings. The van der Waals surface area contributed by atoms with Crippen molar-refractivity contribution in [3.63, 3.8) is 0 Å². The minimum absolute atomic E-state index is 0.312. The summed E-state index contributed by atoms with van der Waals surface area (Å²) in [4.78, 5) is 3.13. The monoisotopic (exact) mass is 191 g/mol. The molecule has 3 nitrogen and oxygen atoms in total. The van der Waals surface area contributed by atoms with E-state index in [1.807, 2.05) is 37.4 Å². The molecule has 14 heavy (non-hydrogen) atoms. The van der Waals surface area contributed by atoms with Crippen LogP contribution in [0.15, 0.2) is 30.5 Å². The highest BCUT2D eigenvalue weighted by Gasteiger charge is 1.97. The third kappa shape index (κ3) is 1.88. The van der Waals surface area contributed by atoms with E-state index in [0.29, 0.717) is 13.4 Å². The number of benzene rings is 1. The molecule has 0 aliphatic carbocycles. The summed E-state index contributed by atoms with van der Waals surface area (Å²) in [7, 11) is 0. The Morgan fingerprint density at radius 2 is 2.21 bits per heavy atom. The zero-order valence-electron chi connectivity index (χ0n) is 8.12. The van der Waals surface area contributed by atoms with Gasteiger partial charge in [-0.15, -0.1) is 0 Å². The molecule has 1 aromatic carbocycles. The second-order valence-corrected chi connectivity index (χ2v) is 2.98. The van der Waals surface area contributed by atoms with E-state index in [1.165, 1.54) is 0 Å². The molecule has 0 fully saturated rings. The van der Waals surface area contributed by atoms with Crippen LogP contribution < -0.4 is 4.74 Å². The van der Waals surface area contributed by atoms with Crippen molar-refractivity contribution in [1.29, 1.82) is 0 Å². The lowest BCUT2D eigenvalue weighted by Crippen LogP contribution is -2.01. The van der Waals surface area contributed by atoms with Gasteiger partial charge in [-0.2, -0.15) is 0 Å². The van der Waals surface area contributed by atoms with Crippen molar-refractivity contribution in [2.24, 2.45) is 0 Å². The van der Waals surface area contributed by atoms with Gasteiger partial charge in [-0.25, -0.2) is 0 Å². The van der Waals surface area contributed by atoms with E-state index in [1.54, 1.807) is 0 Å². The van der Waals surface area contributed by atoms with Crippen LogP contribution in [0.1, 0.15) is 6.92 Å². The fourth-order valence-electron chi connectivity index (χ4n) is 1.31. The molecule has 74 valence electrons. The molecule has 3 heteroatoms. The average Bonchev–Trinajstić information content (AvgIpc) is 2.65. The summed E-state index contributed by atoms with van der Waals surface area (Å²) in [5, 5.41) is 1.15. The van der Waals surface area contributed by atoms with Crippen LogP contribution in [0.3, 0.4) is 0 Å². The van der Waals surface area contributed by atoms with E-state index >= 15 is 0 Å². The van der Waals surface area contributed by atoms with Crippen LogP contribution in [0.5, 0.6) is 5.75 Å². The maximum Gasteiger partial charge on any atom is 0.189 e. The number of hydrogen-bond acceptors (Lipinski definition) is 2. The van der Waals surface area contributed by atoms with Crippen LogP contribution in [0.4, 0.5) is 0 Å². The van der Waals surface area contributed by atoms with Crippen LogP contribution in [0.25, 0.3) is 10.9 Å². The van der Waals surface area contributed by atoms with E-state index < -0.39 is 0 Å². The number of aromatic amines is 1. The topological polar surface area (TPSA) is 34.2 Å². The van der Waals surface area contributed by atoms with Gasteiger partial charge in [0.2, 0.25) is 0 Å². The quantitative estimate of drug-likeness (QED) is 0.595. The third-order valence-corrected chi connectivity index (χ3v) is 2.04. The first kappa shape index (κ1) is 9.09. The smallest absolute Gasteiger partial charge is 0.189 e. The van der Waals surface area contributed by atoms with Crippen molar-refractivity contribution in [1.82, 2.24) is 4.98 Å². The minimum Gasteiger partial charge on any atom is -0.468 e. The van der Waals surface area contributed by atoms with Gasteiger partial charge in [-0.1, -0.05) is 0 Å². The third-order valence-electron chi connectivity index (χ3n) is 2.04. The van der Waals surface area contributed by atoms with Crippen molar-refractivity contribution in [3.8, 4) is 5.75 Å². The van der Waals surface area contributed by atoms with E-state index in [0.717, 1.165) is 16.7 Å². The van der Waals surface area contributed by atoms with Gasteiger partial charge in [0, 0.05) is 23.7 Å². The molecule has 0 aliphatic heterocycles. The fraction of sp³-hybridized carbons (Fsp3) is 0.273. The number of ether oxygens (including phenoxy) is 2. The Balaban J connectivity index is 2.10. The summed E-state index contributed by atoms with van der Waals surface area (Å²) in [6, 6.07) is 7.93. The van der Waals surface area contributed by atoms with Gasteiger partial charge in [-0.3, -0.25) is 0 Å². The summed E-state index contributed by atoms with van der Waals surface area (Å²) >= 11 is 0. The predicted octanol–water partition coefficient (Wildman–Crippen LogP) is 2.54. The standard InChI is InChI=1S/C11H13NO2/c1-2-13-8-14-10-3-4-11-9(7-10)5-6-12-11/h3-7,12H,2,8H2,1H3. The van der Waals surface area contributed by atoms with E-state index in [-0.39, 0.29) is 0 Å². The van der Waals surface area contributed by atoms with Crippen molar-refractivity contribution >= 4 is 10.9 Å². The highest BCUT2D eigenvalue weighted by atomic mass is 16.7. The molecule has 0 unspecified atom stereocenters. The highest BCUT2D eigenvalue weighted by molar-refractivity contribution is 5.80. The van der Waals surface area contributed by atoms with Gasteiger partial charge in [0.05, 0.1) is 0 Å². The SMILES string of the molecule is CCOCOc1ccc2[nH]ccc2c1. The largest absolute Gasteiger partial charge is 0.468 e. The second kappa shape index (κ2) is 4.15. The zero-order chi connectivity index (χ0) is 9.80. The molecule has 2 rings (SSSR count). The first-order valence-electron chi connectivity index (χ1n) is 4.68. The maximum atomic E-state index is 5.39. The molecular weight excluding hydrogens is 178 g/mol. The number of aromatic nitrogens is 1. The lowest BCUT2D eigenvalue weighted by Gasteiger charge is -2.05. The Kier molecular flexibility index (Phi) is 2.70. The van der Waals surface area contributed by atoms with Crippen LogP contribution in [0.2, 0.25) is 0 Å². The molecule has 0 aliphatic rings. The molecule has 1 aromatic heterocycles. The normalized spacial score (nSPS) is 10.6. The van der Waals surface area contributed by atoms with E-state index in [9.17, 15) is 0 Å². The van der Waals surface area contributed by atoms with Crippen LogP contribution in [-0.2, 0) is 4.74 Å². The Morgan fingerprint density at radius 3 is 3.07 bits per heavy atom. The fourth-order valence-corrected chi connectivity index (χ4v) is 1.31. The molecule has 0 spiro atoms. The lowest BCUT2D eigenvalue weighted by molar-refractivity contribution is 0.0225. The number of H-pyrrole nitrogens is 1. The maximum absolute atomic E-state index is 5.39. The van der Waals surface area contributed by atoms with Crippen LogP contribution >= 0.6 is 0 Å². The number of fused-ring (bicyclic) bond motifs is 1. The van der Waals surface area contributed by atoms with Gasteiger partial charge in [-0.05, 0) is 31.2 Å². The molecule has 0 amide bonds. The molecule has 0 saturated heterocycles. The summed E-state index contributed by atoms with van der Waals surface area (Å²) in [5.41, 5.74) is 1.12. The molecule has 0 bridgehead atoms. The van der Waals surface area contributed by atoms with Crippen molar-refractivity contribution in [2.75, 3.05) is 13.4 Å². The van der Waals surface area contributed by atoms with Crippen molar-refractivity contribution < 1.29 is 9.47 Å². The molecule has 1 heterocycles. The number of nitrogens with one attached hydrogen (secondary N) is 1. The molecule has 0 radical (unpaired) electrons. The number of rotatable bonds is 4. The Hall–Kier alpha value is -1.48. The Morgan fingerprint density at radius 1 is 1.29 bits per heavy atom. The van der Waals surface area contributed by atoms with Crippen molar-refractivity contribution in [3.05, 3.63) is 30.5 Å². The van der Waals surface area contributed by atoms with Crippen molar-refractivity contribution in [2.45, 2.75) is 6.92 Å². The van der Waals surface area contributed by atoms with Gasteiger partial charge < -0.3 is 14.5 Å². The van der Waals surface area contributed by atoms with Crippen LogP contribution in [0, 0.1) is 0 Å². The van der Waals surface area contributed by atoms with Gasteiger partial charge >= 0.3 is 0 Å². The summed E-state index contributed by atoms with van der Waals surface area (Å²) in [6.45, 7) is 2.93. The van der Waals surface area contributed by atoms with Gasteiger partial charge in [0.15, 0.2) is 6.79 Å². The van der Waals surface area contributed by atoms with E-state index in [4.69, 9.17) is 9.47 Å². The summed E-state index contributed by atoms with van der Waals surface area (Å²) < 4.78 is 10.5. The first-order valence-corrected chi connectivity index (χ1v) is 4.68. The minimum atomic E-state index is 0.312. The van der Waals surface area contributed by atoms with Gasteiger partial charge in [0.1, 0.15) is 5.75 Å². The highest BCUT2D eigenvalue weighted by Crippen LogP contribution is 2.19. The van der Waals surface area contributed by atoms with Crippen LogP contribution in [-0.4, -0.2) is 18.4 Å². The Labute approximate surface area is 82.6 Å². The molecule has 1 N–H and O–H groups in total. The summed E-state index contributed by atoms with van der Waals surface area (Å²) in [6.07, 6.45) is 1.91.